The van der Waals surface area contributed by atoms with E-state index in [0.29, 0.717) is 45.6 Å². The molecule has 2 fully saturated rings. The zero-order valence-corrected chi connectivity index (χ0v) is 22.9. The van der Waals surface area contributed by atoms with Crippen LogP contribution < -0.4 is 10.2 Å². The van der Waals surface area contributed by atoms with E-state index in [1.54, 1.807) is 9.21 Å². The zero-order valence-electron chi connectivity index (χ0n) is 22.1. The summed E-state index contributed by atoms with van der Waals surface area (Å²) in [5, 5.41) is 2.90. The van der Waals surface area contributed by atoms with E-state index in [1.807, 2.05) is 30.3 Å². The summed E-state index contributed by atoms with van der Waals surface area (Å²) in [6, 6.07) is 9.76. The molecule has 2 heterocycles. The zero-order chi connectivity index (χ0) is 26.0. The van der Waals surface area contributed by atoms with Crippen molar-refractivity contribution in [2.75, 3.05) is 43.5 Å². The average molecular weight is 521 g/mol. The van der Waals surface area contributed by atoms with Crippen LogP contribution in [0.1, 0.15) is 78.1 Å². The van der Waals surface area contributed by atoms with Crippen LogP contribution in [0.15, 0.2) is 30.3 Å². The molecule has 0 unspecified atom stereocenters. The molecule has 3 rings (SSSR count). The summed E-state index contributed by atoms with van der Waals surface area (Å²) in [5.41, 5.74) is 0.0974. The topological polar surface area (TPSA) is 90.0 Å². The van der Waals surface area contributed by atoms with E-state index >= 15 is 0 Å². The van der Waals surface area contributed by atoms with Gasteiger partial charge in [0.05, 0.1) is 12.4 Å². The summed E-state index contributed by atoms with van der Waals surface area (Å²) in [7, 11) is -3.34. The number of carbonyl (C=O) groups is 2. The number of rotatable bonds is 14. The maximum absolute atomic E-state index is 13.7. The Labute approximate surface area is 217 Å². The minimum atomic E-state index is -3.34. The third kappa shape index (κ3) is 7.00. The van der Waals surface area contributed by atoms with E-state index in [-0.39, 0.29) is 24.1 Å². The lowest BCUT2D eigenvalue weighted by molar-refractivity contribution is -0.137. The molecule has 0 bridgehead atoms. The lowest BCUT2D eigenvalue weighted by atomic mass is 9.86. The van der Waals surface area contributed by atoms with E-state index in [0.717, 1.165) is 37.8 Å². The second-order valence-corrected chi connectivity index (χ2v) is 12.2. The number of carbonyl (C=O) groups excluding carboxylic acids is 2. The molecular weight excluding hydrogens is 476 g/mol. The van der Waals surface area contributed by atoms with Gasteiger partial charge in [-0.2, -0.15) is 0 Å². The maximum Gasteiger partial charge on any atom is 0.250 e. The van der Waals surface area contributed by atoms with Gasteiger partial charge in [-0.1, -0.05) is 70.6 Å². The van der Waals surface area contributed by atoms with Crippen molar-refractivity contribution < 1.29 is 18.0 Å². The number of hydrogen-bond donors (Lipinski definition) is 1. The number of unbranched alkanes of at least 4 members (excludes halogenated alkanes) is 6. The first-order valence-corrected chi connectivity index (χ1v) is 15.3. The van der Waals surface area contributed by atoms with Crippen molar-refractivity contribution in [3.63, 3.8) is 0 Å². The predicted octanol–water partition coefficient (Wildman–Crippen LogP) is 3.73. The largest absolute Gasteiger partial charge is 0.355 e. The highest BCUT2D eigenvalue weighted by molar-refractivity contribution is 7.89. The van der Waals surface area contributed by atoms with Gasteiger partial charge in [0.1, 0.15) is 12.1 Å². The van der Waals surface area contributed by atoms with Gasteiger partial charge in [-0.25, -0.2) is 12.7 Å². The van der Waals surface area contributed by atoms with Gasteiger partial charge in [0.2, 0.25) is 21.8 Å². The van der Waals surface area contributed by atoms with Crippen molar-refractivity contribution in [2.24, 2.45) is 0 Å². The number of sulfonamides is 1. The number of para-hydroxylation sites is 1. The summed E-state index contributed by atoms with van der Waals surface area (Å²) in [6.45, 7) is 5.84. The summed E-state index contributed by atoms with van der Waals surface area (Å²) >= 11 is 0. The van der Waals surface area contributed by atoms with Crippen LogP contribution in [0.2, 0.25) is 0 Å². The standard InChI is InChI=1S/C27H44N4O4S/c1-3-5-7-8-9-13-21-36(34,35)30-19-16-27(17-20-30)26(33)29(22-25(32)28-18-6-4-2)23-31(27)24-14-11-10-12-15-24/h10-12,14-15H,3-9,13,16-23H2,1-2H3,(H,28,32). The Hall–Kier alpha value is -2.13. The molecule has 8 nitrogen and oxygen atoms in total. The number of hydrogen-bond acceptors (Lipinski definition) is 5. The van der Waals surface area contributed by atoms with Crippen LogP contribution in [-0.2, 0) is 19.6 Å². The Morgan fingerprint density at radius 2 is 1.58 bits per heavy atom. The lowest BCUT2D eigenvalue weighted by Crippen LogP contribution is -2.57. The van der Waals surface area contributed by atoms with E-state index in [2.05, 4.69) is 24.1 Å². The van der Waals surface area contributed by atoms with E-state index in [1.165, 1.54) is 12.8 Å². The first-order chi connectivity index (χ1) is 17.3. The average Bonchev–Trinajstić information content (AvgIpc) is 3.13. The quantitative estimate of drug-likeness (QED) is 0.378. The second-order valence-electron chi connectivity index (χ2n) is 10.1. The molecular formula is C27H44N4O4S. The van der Waals surface area contributed by atoms with Gasteiger partial charge >= 0.3 is 0 Å². The first-order valence-electron chi connectivity index (χ1n) is 13.7. The van der Waals surface area contributed by atoms with Gasteiger partial charge < -0.3 is 15.1 Å². The summed E-state index contributed by atoms with van der Waals surface area (Å²) in [6.07, 6.45) is 8.97. The Bertz CT molecular complexity index is 946. The van der Waals surface area contributed by atoms with Gasteiger partial charge in [-0.05, 0) is 37.8 Å². The summed E-state index contributed by atoms with van der Waals surface area (Å²) in [5.74, 6) is -0.0576. The van der Waals surface area contributed by atoms with Gasteiger partial charge in [0, 0.05) is 25.3 Å². The highest BCUT2D eigenvalue weighted by Gasteiger charge is 2.54. The lowest BCUT2D eigenvalue weighted by Gasteiger charge is -2.42. The smallest absolute Gasteiger partial charge is 0.250 e. The molecule has 1 aromatic carbocycles. The van der Waals surface area contributed by atoms with Gasteiger partial charge in [-0.15, -0.1) is 0 Å². The second kappa shape index (κ2) is 13.4. The molecule has 0 aliphatic carbocycles. The fourth-order valence-electron chi connectivity index (χ4n) is 5.28. The van der Waals surface area contributed by atoms with Crippen molar-refractivity contribution in [3.05, 3.63) is 30.3 Å². The number of amides is 2. The first kappa shape index (κ1) is 28.4. The summed E-state index contributed by atoms with van der Waals surface area (Å²) in [4.78, 5) is 29.9. The molecule has 2 aliphatic rings. The Morgan fingerprint density at radius 3 is 2.25 bits per heavy atom. The molecule has 9 heteroatoms. The molecule has 1 N–H and O–H groups in total. The minimum absolute atomic E-state index is 0.0215. The molecule has 1 spiro atoms. The van der Waals surface area contributed by atoms with E-state index in [4.69, 9.17) is 0 Å². The van der Waals surface area contributed by atoms with Crippen molar-refractivity contribution >= 4 is 27.5 Å². The molecule has 0 atom stereocenters. The Kier molecular flexibility index (Phi) is 10.6. The van der Waals surface area contributed by atoms with Gasteiger partial charge in [-0.3, -0.25) is 9.59 Å². The van der Waals surface area contributed by atoms with Crippen LogP contribution in [0.25, 0.3) is 0 Å². The van der Waals surface area contributed by atoms with Crippen molar-refractivity contribution in [1.82, 2.24) is 14.5 Å². The third-order valence-corrected chi connectivity index (χ3v) is 9.42. The molecule has 0 aromatic heterocycles. The fourth-order valence-corrected chi connectivity index (χ4v) is 6.85. The van der Waals surface area contributed by atoms with Crippen LogP contribution in [0.3, 0.4) is 0 Å². The van der Waals surface area contributed by atoms with Crippen molar-refractivity contribution in [3.8, 4) is 0 Å². The molecule has 1 aromatic rings. The SMILES string of the molecule is CCCCCCCCS(=O)(=O)N1CCC2(CC1)C(=O)N(CC(=O)NCCCC)CN2c1ccccc1. The van der Waals surface area contributed by atoms with E-state index in [9.17, 15) is 18.0 Å². The Balaban J connectivity index is 1.66. The number of benzene rings is 1. The fraction of sp³-hybridized carbons (Fsp3) is 0.704. The highest BCUT2D eigenvalue weighted by atomic mass is 32.2. The number of nitrogens with one attached hydrogen (secondary N) is 1. The van der Waals surface area contributed by atoms with Crippen LogP contribution in [0.5, 0.6) is 0 Å². The van der Waals surface area contributed by atoms with Crippen LogP contribution in [0.4, 0.5) is 5.69 Å². The van der Waals surface area contributed by atoms with Crippen molar-refractivity contribution in [2.45, 2.75) is 83.6 Å². The molecule has 2 amide bonds. The number of piperidine rings is 1. The normalized spacial score (nSPS) is 18.2. The van der Waals surface area contributed by atoms with Crippen molar-refractivity contribution in [1.29, 1.82) is 0 Å². The van der Waals surface area contributed by atoms with Crippen LogP contribution >= 0.6 is 0 Å². The van der Waals surface area contributed by atoms with Crippen LogP contribution in [0, 0.1) is 0 Å². The molecule has 0 radical (unpaired) electrons. The third-order valence-electron chi connectivity index (χ3n) is 7.47. The molecule has 2 saturated heterocycles. The van der Waals surface area contributed by atoms with Gasteiger partial charge in [0.15, 0.2) is 0 Å². The van der Waals surface area contributed by atoms with E-state index < -0.39 is 15.6 Å². The maximum atomic E-state index is 13.7. The molecule has 2 aliphatic heterocycles. The number of anilines is 1. The highest BCUT2D eigenvalue weighted by Crippen LogP contribution is 2.40. The summed E-state index contributed by atoms with van der Waals surface area (Å²) < 4.78 is 27.6. The predicted molar refractivity (Wildman–Crippen MR) is 144 cm³/mol. The molecule has 202 valence electrons. The van der Waals surface area contributed by atoms with Gasteiger partial charge in [0.25, 0.3) is 0 Å². The molecule has 36 heavy (non-hydrogen) atoms. The number of nitrogens with zero attached hydrogens (tertiary/aromatic N) is 3. The monoisotopic (exact) mass is 520 g/mol. The Morgan fingerprint density at radius 1 is 0.944 bits per heavy atom. The van der Waals surface area contributed by atoms with Crippen LogP contribution in [-0.4, -0.2) is 73.6 Å². The minimum Gasteiger partial charge on any atom is -0.355 e. The molecule has 0 saturated carbocycles.